The highest BCUT2D eigenvalue weighted by Crippen LogP contribution is 2.44. The Morgan fingerprint density at radius 2 is 1.77 bits per heavy atom. The summed E-state index contributed by atoms with van der Waals surface area (Å²) >= 11 is 0. The summed E-state index contributed by atoms with van der Waals surface area (Å²) in [5, 5.41) is 4.15. The topological polar surface area (TPSA) is 59.2 Å². The third kappa shape index (κ3) is 4.12. The van der Waals surface area contributed by atoms with Crippen molar-refractivity contribution in [1.82, 2.24) is 15.0 Å². The molecule has 1 aliphatic heterocycles. The van der Waals surface area contributed by atoms with E-state index in [2.05, 4.69) is 15.0 Å². The first-order valence-electron chi connectivity index (χ1n) is 10.8. The van der Waals surface area contributed by atoms with Gasteiger partial charge in [-0.05, 0) is 50.4 Å². The van der Waals surface area contributed by atoms with Gasteiger partial charge in [-0.3, -0.25) is 4.79 Å². The Hall–Kier alpha value is -1.39. The van der Waals surface area contributed by atoms with Gasteiger partial charge in [-0.25, -0.2) is 0 Å². The maximum atomic E-state index is 12.7. The fraction of sp³-hybridized carbons (Fsp3) is 0.857. The molecule has 0 bridgehead atoms. The van der Waals surface area contributed by atoms with Gasteiger partial charge in [0.1, 0.15) is 0 Å². The van der Waals surface area contributed by atoms with Crippen LogP contribution in [0.1, 0.15) is 101 Å². The summed E-state index contributed by atoms with van der Waals surface area (Å²) in [6.07, 6.45) is 16.6. The summed E-state index contributed by atoms with van der Waals surface area (Å²) in [7, 11) is 0. The molecule has 1 aromatic heterocycles. The van der Waals surface area contributed by atoms with Gasteiger partial charge in [0.25, 0.3) is 0 Å². The van der Waals surface area contributed by atoms with Crippen LogP contribution in [0.3, 0.4) is 0 Å². The molecule has 1 saturated heterocycles. The molecular weight excluding hydrogens is 326 g/mol. The van der Waals surface area contributed by atoms with E-state index >= 15 is 0 Å². The van der Waals surface area contributed by atoms with Gasteiger partial charge in [0, 0.05) is 31.8 Å². The molecule has 2 aliphatic carbocycles. The van der Waals surface area contributed by atoms with Crippen LogP contribution >= 0.6 is 0 Å². The standard InChI is InChI=1S/C21H33N3O2/c25-19(10-9-18-22-20(23-26-18)17-7-2-3-8-17)24-15-6-13-21(14-16-24)11-4-1-5-12-21/h17H,1-16H2. The molecule has 1 spiro atoms. The molecule has 1 amide bonds. The molecule has 2 heterocycles. The second kappa shape index (κ2) is 8.10. The van der Waals surface area contributed by atoms with Crippen molar-refractivity contribution in [3.05, 3.63) is 11.7 Å². The SMILES string of the molecule is O=C(CCc1nc(C2CCCC2)no1)N1CCCC2(CCCCC2)CC1. The van der Waals surface area contributed by atoms with Crippen LogP contribution in [-0.2, 0) is 11.2 Å². The van der Waals surface area contributed by atoms with Crippen molar-refractivity contribution < 1.29 is 9.32 Å². The first-order valence-corrected chi connectivity index (χ1v) is 10.8. The minimum Gasteiger partial charge on any atom is -0.343 e. The third-order valence-electron chi connectivity index (χ3n) is 7.07. The molecule has 0 radical (unpaired) electrons. The average Bonchev–Trinajstić information content (AvgIpc) is 3.31. The predicted molar refractivity (Wildman–Crippen MR) is 99.8 cm³/mol. The van der Waals surface area contributed by atoms with Crippen LogP contribution in [0.5, 0.6) is 0 Å². The molecule has 3 aliphatic rings. The number of carbonyl (C=O) groups is 1. The van der Waals surface area contributed by atoms with Crippen molar-refractivity contribution in [2.45, 2.75) is 95.8 Å². The molecular formula is C21H33N3O2. The Bertz CT molecular complexity index is 600. The van der Waals surface area contributed by atoms with Gasteiger partial charge < -0.3 is 9.42 Å². The van der Waals surface area contributed by atoms with Gasteiger partial charge in [0.05, 0.1) is 0 Å². The molecule has 26 heavy (non-hydrogen) atoms. The molecule has 1 aromatic rings. The fourth-order valence-electron chi connectivity index (χ4n) is 5.40. The van der Waals surface area contributed by atoms with Crippen molar-refractivity contribution >= 4 is 5.91 Å². The largest absolute Gasteiger partial charge is 0.343 e. The summed E-state index contributed by atoms with van der Waals surface area (Å²) in [6.45, 7) is 1.87. The Morgan fingerprint density at radius 1 is 1.00 bits per heavy atom. The van der Waals surface area contributed by atoms with E-state index in [1.165, 1.54) is 70.6 Å². The smallest absolute Gasteiger partial charge is 0.227 e. The highest BCUT2D eigenvalue weighted by Gasteiger charge is 2.34. The summed E-state index contributed by atoms with van der Waals surface area (Å²) < 4.78 is 5.40. The number of nitrogens with zero attached hydrogens (tertiary/aromatic N) is 3. The molecule has 0 atom stereocenters. The van der Waals surface area contributed by atoms with Gasteiger partial charge in [-0.2, -0.15) is 4.98 Å². The summed E-state index contributed by atoms with van der Waals surface area (Å²) in [5.74, 6) is 2.23. The molecule has 0 aromatic carbocycles. The minimum absolute atomic E-state index is 0.262. The van der Waals surface area contributed by atoms with Gasteiger partial charge in [-0.1, -0.05) is 37.3 Å². The van der Waals surface area contributed by atoms with Crippen molar-refractivity contribution in [2.24, 2.45) is 5.41 Å². The van der Waals surface area contributed by atoms with E-state index in [4.69, 9.17) is 4.52 Å². The lowest BCUT2D eigenvalue weighted by molar-refractivity contribution is -0.131. The number of hydrogen-bond acceptors (Lipinski definition) is 4. The maximum Gasteiger partial charge on any atom is 0.227 e. The number of hydrogen-bond donors (Lipinski definition) is 0. The zero-order valence-electron chi connectivity index (χ0n) is 16.0. The van der Waals surface area contributed by atoms with Crippen LogP contribution in [0.4, 0.5) is 0 Å². The first-order chi connectivity index (χ1) is 12.7. The Kier molecular flexibility index (Phi) is 5.60. The van der Waals surface area contributed by atoms with E-state index in [9.17, 15) is 4.79 Å². The highest BCUT2D eigenvalue weighted by molar-refractivity contribution is 5.76. The van der Waals surface area contributed by atoms with Crippen molar-refractivity contribution in [3.8, 4) is 0 Å². The van der Waals surface area contributed by atoms with Crippen LogP contribution in [-0.4, -0.2) is 34.0 Å². The molecule has 144 valence electrons. The molecule has 0 unspecified atom stereocenters. The molecule has 0 N–H and O–H groups in total. The lowest BCUT2D eigenvalue weighted by Crippen LogP contribution is -2.33. The van der Waals surface area contributed by atoms with E-state index in [1.54, 1.807) is 0 Å². The monoisotopic (exact) mass is 359 g/mol. The summed E-state index contributed by atoms with van der Waals surface area (Å²) in [4.78, 5) is 19.3. The minimum atomic E-state index is 0.262. The molecule has 5 nitrogen and oxygen atoms in total. The van der Waals surface area contributed by atoms with Crippen LogP contribution in [0.15, 0.2) is 4.52 Å². The first kappa shape index (κ1) is 18.0. The molecule has 3 fully saturated rings. The fourth-order valence-corrected chi connectivity index (χ4v) is 5.40. The summed E-state index contributed by atoms with van der Waals surface area (Å²) in [6, 6.07) is 0. The molecule has 4 rings (SSSR count). The lowest BCUT2D eigenvalue weighted by atomic mass is 9.69. The van der Waals surface area contributed by atoms with E-state index < -0.39 is 0 Å². The lowest BCUT2D eigenvalue weighted by Gasteiger charge is -2.36. The number of amides is 1. The number of aromatic nitrogens is 2. The van der Waals surface area contributed by atoms with Crippen LogP contribution < -0.4 is 0 Å². The second-order valence-corrected chi connectivity index (χ2v) is 8.82. The predicted octanol–water partition coefficient (Wildman–Crippen LogP) is 4.62. The highest BCUT2D eigenvalue weighted by atomic mass is 16.5. The number of carbonyl (C=O) groups excluding carboxylic acids is 1. The van der Waals surface area contributed by atoms with Crippen molar-refractivity contribution in [1.29, 1.82) is 0 Å². The summed E-state index contributed by atoms with van der Waals surface area (Å²) in [5.41, 5.74) is 0.538. The Labute approximate surface area is 156 Å². The van der Waals surface area contributed by atoms with Gasteiger partial charge in [0.2, 0.25) is 11.8 Å². The van der Waals surface area contributed by atoms with Gasteiger partial charge in [-0.15, -0.1) is 0 Å². The van der Waals surface area contributed by atoms with Crippen molar-refractivity contribution in [3.63, 3.8) is 0 Å². The maximum absolute atomic E-state index is 12.7. The Morgan fingerprint density at radius 3 is 2.58 bits per heavy atom. The number of aryl methyl sites for hydroxylation is 1. The number of rotatable bonds is 4. The normalized spacial score (nSPS) is 24.1. The van der Waals surface area contributed by atoms with E-state index in [0.717, 1.165) is 25.3 Å². The Balaban J connectivity index is 1.27. The second-order valence-electron chi connectivity index (χ2n) is 8.82. The third-order valence-corrected chi connectivity index (χ3v) is 7.07. The zero-order valence-corrected chi connectivity index (χ0v) is 16.0. The van der Waals surface area contributed by atoms with E-state index in [-0.39, 0.29) is 5.91 Å². The van der Waals surface area contributed by atoms with E-state index in [0.29, 0.717) is 30.1 Å². The van der Waals surface area contributed by atoms with Crippen LogP contribution in [0.2, 0.25) is 0 Å². The number of likely N-dealkylation sites (tertiary alicyclic amines) is 1. The average molecular weight is 360 g/mol. The van der Waals surface area contributed by atoms with E-state index in [1.807, 2.05) is 0 Å². The molecule has 2 saturated carbocycles. The van der Waals surface area contributed by atoms with Crippen LogP contribution in [0.25, 0.3) is 0 Å². The van der Waals surface area contributed by atoms with Gasteiger partial charge >= 0.3 is 0 Å². The molecule has 5 heteroatoms. The van der Waals surface area contributed by atoms with Crippen molar-refractivity contribution in [2.75, 3.05) is 13.1 Å². The quantitative estimate of drug-likeness (QED) is 0.787. The van der Waals surface area contributed by atoms with Gasteiger partial charge in [0.15, 0.2) is 5.82 Å². The zero-order chi connectivity index (χ0) is 17.8. The van der Waals surface area contributed by atoms with Crippen LogP contribution in [0, 0.1) is 5.41 Å².